The van der Waals surface area contributed by atoms with Crippen LogP contribution in [0.5, 0.6) is 11.5 Å². The second-order valence-electron chi connectivity index (χ2n) is 5.77. The molecule has 0 radical (unpaired) electrons. The van der Waals surface area contributed by atoms with Crippen molar-refractivity contribution in [2.24, 2.45) is 0 Å². The molecule has 0 spiro atoms. The van der Waals surface area contributed by atoms with Gasteiger partial charge in [0.1, 0.15) is 5.82 Å². The summed E-state index contributed by atoms with van der Waals surface area (Å²) < 4.78 is 10.5. The van der Waals surface area contributed by atoms with E-state index in [1.807, 2.05) is 0 Å². The van der Waals surface area contributed by atoms with Crippen molar-refractivity contribution in [3.63, 3.8) is 0 Å². The normalized spacial score (nSPS) is 10.9. The van der Waals surface area contributed by atoms with Gasteiger partial charge in [0.05, 0.1) is 30.9 Å². The molecule has 25 heavy (non-hydrogen) atoms. The molecule has 1 N–H and O–H groups in total. The fraction of sp³-hybridized carbons (Fsp3) is 0.263. The molecule has 3 rings (SSSR count). The van der Waals surface area contributed by atoms with Crippen LogP contribution in [0.25, 0.3) is 10.9 Å². The number of nitrogens with one attached hydrogen (secondary N) is 1. The van der Waals surface area contributed by atoms with Crippen molar-refractivity contribution in [3.05, 3.63) is 57.6 Å². The molecular formula is C19H20N2O3S. The number of thioether (sulfide) groups is 1. The van der Waals surface area contributed by atoms with Crippen LogP contribution >= 0.6 is 11.8 Å². The van der Waals surface area contributed by atoms with Crippen molar-refractivity contribution in [3.8, 4) is 11.5 Å². The number of aryl methyl sites for hydroxylation is 2. The van der Waals surface area contributed by atoms with Crippen LogP contribution in [0.3, 0.4) is 0 Å². The summed E-state index contributed by atoms with van der Waals surface area (Å²) in [6.07, 6.45) is 0. The maximum atomic E-state index is 12.4. The summed E-state index contributed by atoms with van der Waals surface area (Å²) in [4.78, 5) is 20.9. The number of methoxy groups -OCH3 is 2. The smallest absolute Gasteiger partial charge is 0.258 e. The van der Waals surface area contributed by atoms with Gasteiger partial charge >= 0.3 is 0 Å². The summed E-state index contributed by atoms with van der Waals surface area (Å²) in [6.45, 7) is 4.18. The molecule has 0 saturated carbocycles. The van der Waals surface area contributed by atoms with E-state index in [9.17, 15) is 4.79 Å². The van der Waals surface area contributed by atoms with Crippen LogP contribution in [0, 0.1) is 13.8 Å². The summed E-state index contributed by atoms with van der Waals surface area (Å²) >= 11 is 1.64. The third-order valence-corrected chi connectivity index (χ3v) is 5.12. The molecular weight excluding hydrogens is 336 g/mol. The number of hydrogen-bond acceptors (Lipinski definition) is 5. The number of H-pyrrole nitrogens is 1. The molecule has 3 aromatic rings. The van der Waals surface area contributed by atoms with E-state index in [4.69, 9.17) is 9.47 Å². The molecule has 5 nitrogen and oxygen atoms in total. The highest BCUT2D eigenvalue weighted by Gasteiger charge is 2.11. The molecule has 130 valence electrons. The van der Waals surface area contributed by atoms with E-state index in [-0.39, 0.29) is 5.56 Å². The van der Waals surface area contributed by atoms with Crippen LogP contribution in [-0.2, 0) is 5.75 Å². The van der Waals surface area contributed by atoms with Gasteiger partial charge in [0, 0.05) is 11.0 Å². The van der Waals surface area contributed by atoms with Crippen LogP contribution in [0.15, 0.2) is 40.0 Å². The summed E-state index contributed by atoms with van der Waals surface area (Å²) in [5.41, 5.74) is 2.93. The van der Waals surface area contributed by atoms with Crippen LogP contribution in [0.4, 0.5) is 0 Å². The van der Waals surface area contributed by atoms with Crippen molar-refractivity contribution < 1.29 is 9.47 Å². The number of nitrogens with zero attached hydrogens (tertiary/aromatic N) is 1. The molecule has 1 aromatic heterocycles. The van der Waals surface area contributed by atoms with Crippen molar-refractivity contribution in [1.82, 2.24) is 9.97 Å². The van der Waals surface area contributed by atoms with Crippen LogP contribution < -0.4 is 15.0 Å². The number of aromatic nitrogens is 2. The fourth-order valence-electron chi connectivity index (χ4n) is 2.54. The summed E-state index contributed by atoms with van der Waals surface area (Å²) in [5, 5.41) is 0.484. The Morgan fingerprint density at radius 3 is 2.44 bits per heavy atom. The minimum atomic E-state index is -0.179. The average molecular weight is 356 g/mol. The number of ether oxygens (including phenoxy) is 2. The molecule has 6 heteroatoms. The summed E-state index contributed by atoms with van der Waals surface area (Å²) in [7, 11) is 3.10. The van der Waals surface area contributed by atoms with Gasteiger partial charge in [0.15, 0.2) is 11.5 Å². The lowest BCUT2D eigenvalue weighted by Gasteiger charge is -2.09. The number of fused-ring (bicyclic) bond motifs is 1. The average Bonchev–Trinajstić information content (AvgIpc) is 2.61. The Morgan fingerprint density at radius 1 is 1.04 bits per heavy atom. The quantitative estimate of drug-likeness (QED) is 0.704. The number of aromatic amines is 1. The van der Waals surface area contributed by atoms with Crippen LogP contribution in [-0.4, -0.2) is 24.2 Å². The highest BCUT2D eigenvalue weighted by molar-refractivity contribution is 7.98. The number of hydrogen-bond donors (Lipinski definition) is 1. The molecule has 0 aliphatic carbocycles. The zero-order valence-electron chi connectivity index (χ0n) is 14.7. The highest BCUT2D eigenvalue weighted by Crippen LogP contribution is 2.30. The monoisotopic (exact) mass is 356 g/mol. The minimum Gasteiger partial charge on any atom is -0.493 e. The van der Waals surface area contributed by atoms with E-state index in [0.29, 0.717) is 34.0 Å². The molecule has 0 atom stereocenters. The van der Waals surface area contributed by atoms with Gasteiger partial charge in [0.25, 0.3) is 5.56 Å². The third-order valence-electron chi connectivity index (χ3n) is 4.11. The zero-order valence-corrected chi connectivity index (χ0v) is 15.5. The van der Waals surface area contributed by atoms with E-state index in [0.717, 1.165) is 4.90 Å². The van der Waals surface area contributed by atoms with Gasteiger partial charge in [-0.1, -0.05) is 6.07 Å². The lowest BCUT2D eigenvalue weighted by atomic mass is 10.1. The van der Waals surface area contributed by atoms with Crippen LogP contribution in [0.1, 0.15) is 17.0 Å². The first kappa shape index (κ1) is 17.4. The van der Waals surface area contributed by atoms with Gasteiger partial charge in [0.2, 0.25) is 0 Å². The molecule has 0 saturated heterocycles. The Balaban J connectivity index is 1.91. The largest absolute Gasteiger partial charge is 0.493 e. The van der Waals surface area contributed by atoms with E-state index < -0.39 is 0 Å². The van der Waals surface area contributed by atoms with Crippen molar-refractivity contribution in [2.45, 2.75) is 24.5 Å². The van der Waals surface area contributed by atoms with Crippen LogP contribution in [0.2, 0.25) is 0 Å². The van der Waals surface area contributed by atoms with E-state index in [1.165, 1.54) is 11.1 Å². The molecule has 1 heterocycles. The maximum absolute atomic E-state index is 12.4. The Kier molecular flexibility index (Phi) is 4.99. The Hall–Kier alpha value is -2.47. The lowest BCUT2D eigenvalue weighted by Crippen LogP contribution is -2.11. The standard InChI is InChI=1S/C19H20N2O3S/c1-11-5-6-13(7-12(11)2)25-10-18-20-15-9-17(24-4)16(23-3)8-14(15)19(22)21-18/h5-9H,10H2,1-4H3,(H,20,21,22). The second-order valence-corrected chi connectivity index (χ2v) is 6.82. The Morgan fingerprint density at radius 2 is 1.76 bits per heavy atom. The molecule has 0 fully saturated rings. The topological polar surface area (TPSA) is 64.2 Å². The summed E-state index contributed by atoms with van der Waals surface area (Å²) in [6, 6.07) is 9.71. The predicted octanol–water partition coefficient (Wildman–Crippen LogP) is 3.85. The van der Waals surface area contributed by atoms with Crippen molar-refractivity contribution >= 4 is 22.7 Å². The predicted molar refractivity (Wildman–Crippen MR) is 101 cm³/mol. The van der Waals surface area contributed by atoms with Gasteiger partial charge in [-0.2, -0.15) is 0 Å². The molecule has 0 bridgehead atoms. The lowest BCUT2D eigenvalue weighted by molar-refractivity contribution is 0.355. The van der Waals surface area contributed by atoms with E-state index >= 15 is 0 Å². The zero-order chi connectivity index (χ0) is 18.0. The highest BCUT2D eigenvalue weighted by atomic mass is 32.2. The van der Waals surface area contributed by atoms with Crippen molar-refractivity contribution in [1.29, 1.82) is 0 Å². The fourth-order valence-corrected chi connectivity index (χ4v) is 3.40. The molecule has 0 unspecified atom stereocenters. The molecule has 0 aliphatic heterocycles. The van der Waals surface area contributed by atoms with Gasteiger partial charge in [-0.3, -0.25) is 4.79 Å². The van der Waals surface area contributed by atoms with E-state index in [1.54, 1.807) is 38.1 Å². The Labute approximate surface area is 150 Å². The SMILES string of the molecule is COc1cc2nc(CSc3ccc(C)c(C)c3)[nH]c(=O)c2cc1OC. The van der Waals surface area contributed by atoms with Gasteiger partial charge in [-0.15, -0.1) is 11.8 Å². The molecule has 2 aromatic carbocycles. The first-order chi connectivity index (χ1) is 12.0. The first-order valence-corrected chi connectivity index (χ1v) is 8.85. The van der Waals surface area contributed by atoms with Gasteiger partial charge in [-0.05, 0) is 43.2 Å². The third kappa shape index (κ3) is 3.64. The first-order valence-electron chi connectivity index (χ1n) is 7.87. The second kappa shape index (κ2) is 7.19. The van der Waals surface area contributed by atoms with Gasteiger partial charge in [-0.25, -0.2) is 4.98 Å². The summed E-state index contributed by atoms with van der Waals surface area (Å²) in [5.74, 6) is 2.29. The molecule has 0 aliphatic rings. The number of rotatable bonds is 5. The van der Waals surface area contributed by atoms with E-state index in [2.05, 4.69) is 42.0 Å². The van der Waals surface area contributed by atoms with Gasteiger partial charge < -0.3 is 14.5 Å². The minimum absolute atomic E-state index is 0.179. The maximum Gasteiger partial charge on any atom is 0.258 e. The Bertz CT molecular complexity index is 982. The number of benzene rings is 2. The molecule has 0 amide bonds. The van der Waals surface area contributed by atoms with Crippen molar-refractivity contribution in [2.75, 3.05) is 14.2 Å².